The molecule has 0 spiro atoms. The summed E-state index contributed by atoms with van der Waals surface area (Å²) in [7, 11) is 0. The first-order valence-electron chi connectivity index (χ1n) is 4.18. The van der Waals surface area contributed by atoms with Crippen LogP contribution in [-0.2, 0) is 0 Å². The average Bonchev–Trinajstić information content (AvgIpc) is 2.81. The number of halogens is 1. The SMILES string of the molecule is Cc1ccc(Br)cc1OC1CC1. The van der Waals surface area contributed by atoms with Crippen LogP contribution in [0.1, 0.15) is 18.4 Å². The molecule has 12 heavy (non-hydrogen) atoms. The number of hydrogen-bond acceptors (Lipinski definition) is 1. The number of rotatable bonds is 2. The van der Waals surface area contributed by atoms with Crippen molar-refractivity contribution in [1.29, 1.82) is 0 Å². The monoisotopic (exact) mass is 226 g/mol. The standard InChI is InChI=1S/C10H11BrO/c1-7-2-3-8(11)6-10(7)12-9-4-5-9/h2-3,6,9H,4-5H2,1H3. The summed E-state index contributed by atoms with van der Waals surface area (Å²) >= 11 is 3.43. The van der Waals surface area contributed by atoms with Gasteiger partial charge in [0.05, 0.1) is 6.10 Å². The van der Waals surface area contributed by atoms with Gasteiger partial charge in [-0.3, -0.25) is 0 Å². The fourth-order valence-corrected chi connectivity index (χ4v) is 1.41. The number of aryl methyl sites for hydroxylation is 1. The highest BCUT2D eigenvalue weighted by Crippen LogP contribution is 2.30. The second kappa shape index (κ2) is 3.09. The van der Waals surface area contributed by atoms with Crippen molar-refractivity contribution < 1.29 is 4.74 Å². The predicted octanol–water partition coefficient (Wildman–Crippen LogP) is 3.30. The largest absolute Gasteiger partial charge is 0.490 e. The first kappa shape index (κ1) is 8.11. The van der Waals surface area contributed by atoms with Crippen molar-refractivity contribution in [2.24, 2.45) is 0 Å². The Labute approximate surface area is 80.9 Å². The lowest BCUT2D eigenvalue weighted by Crippen LogP contribution is -1.97. The van der Waals surface area contributed by atoms with E-state index < -0.39 is 0 Å². The number of ether oxygens (including phenoxy) is 1. The molecule has 1 aliphatic rings. The summed E-state index contributed by atoms with van der Waals surface area (Å²) in [5.74, 6) is 1.02. The van der Waals surface area contributed by atoms with Crippen molar-refractivity contribution in [3.05, 3.63) is 28.2 Å². The van der Waals surface area contributed by atoms with E-state index in [1.807, 2.05) is 12.1 Å². The molecule has 2 heteroatoms. The molecule has 1 fully saturated rings. The minimum atomic E-state index is 0.484. The molecule has 0 heterocycles. The normalized spacial score (nSPS) is 16.2. The van der Waals surface area contributed by atoms with Gasteiger partial charge >= 0.3 is 0 Å². The molecule has 0 aliphatic heterocycles. The van der Waals surface area contributed by atoms with Crippen LogP contribution in [0, 0.1) is 6.92 Å². The molecule has 2 rings (SSSR count). The van der Waals surface area contributed by atoms with Crippen LogP contribution in [-0.4, -0.2) is 6.10 Å². The number of benzene rings is 1. The van der Waals surface area contributed by atoms with Gasteiger partial charge in [0.2, 0.25) is 0 Å². The fourth-order valence-electron chi connectivity index (χ4n) is 1.07. The van der Waals surface area contributed by atoms with E-state index in [0.29, 0.717) is 6.10 Å². The lowest BCUT2D eigenvalue weighted by Gasteiger charge is -2.07. The molecule has 0 radical (unpaired) electrons. The summed E-state index contributed by atoms with van der Waals surface area (Å²) in [5, 5.41) is 0. The Morgan fingerprint density at radius 3 is 2.83 bits per heavy atom. The van der Waals surface area contributed by atoms with Gasteiger partial charge in [0.15, 0.2) is 0 Å². The summed E-state index contributed by atoms with van der Waals surface area (Å²) in [4.78, 5) is 0. The molecular weight excluding hydrogens is 216 g/mol. The van der Waals surface area contributed by atoms with Crippen molar-refractivity contribution in [2.75, 3.05) is 0 Å². The third kappa shape index (κ3) is 1.81. The molecule has 1 aromatic carbocycles. The maximum atomic E-state index is 5.71. The molecule has 0 bridgehead atoms. The minimum absolute atomic E-state index is 0.484. The quantitative estimate of drug-likeness (QED) is 0.753. The van der Waals surface area contributed by atoms with Crippen molar-refractivity contribution in [2.45, 2.75) is 25.9 Å². The second-order valence-corrected chi connectivity index (χ2v) is 4.14. The topological polar surface area (TPSA) is 9.23 Å². The van der Waals surface area contributed by atoms with Gasteiger partial charge in [-0.15, -0.1) is 0 Å². The Morgan fingerprint density at radius 1 is 1.42 bits per heavy atom. The van der Waals surface area contributed by atoms with Crippen LogP contribution in [0.3, 0.4) is 0 Å². The zero-order chi connectivity index (χ0) is 8.55. The van der Waals surface area contributed by atoms with Crippen LogP contribution in [0.2, 0.25) is 0 Å². The van der Waals surface area contributed by atoms with Crippen LogP contribution in [0.25, 0.3) is 0 Å². The van der Waals surface area contributed by atoms with Crippen LogP contribution in [0.5, 0.6) is 5.75 Å². The molecule has 0 aromatic heterocycles. The van der Waals surface area contributed by atoms with E-state index >= 15 is 0 Å². The van der Waals surface area contributed by atoms with Crippen LogP contribution < -0.4 is 4.74 Å². The van der Waals surface area contributed by atoms with Crippen molar-refractivity contribution in [3.8, 4) is 5.75 Å². The van der Waals surface area contributed by atoms with Crippen molar-refractivity contribution in [3.63, 3.8) is 0 Å². The first-order valence-corrected chi connectivity index (χ1v) is 4.98. The zero-order valence-electron chi connectivity index (χ0n) is 7.01. The van der Waals surface area contributed by atoms with E-state index in [0.717, 1.165) is 10.2 Å². The highest BCUT2D eigenvalue weighted by Gasteiger charge is 2.23. The first-order chi connectivity index (χ1) is 5.75. The van der Waals surface area contributed by atoms with Gasteiger partial charge in [-0.25, -0.2) is 0 Å². The highest BCUT2D eigenvalue weighted by atomic mass is 79.9. The third-order valence-corrected chi connectivity index (χ3v) is 2.46. The Bertz CT molecular complexity index is 292. The van der Waals surface area contributed by atoms with Gasteiger partial charge in [-0.05, 0) is 37.5 Å². The lowest BCUT2D eigenvalue weighted by atomic mass is 10.2. The van der Waals surface area contributed by atoms with Gasteiger partial charge in [0, 0.05) is 4.47 Å². The van der Waals surface area contributed by atoms with Crippen LogP contribution in [0.15, 0.2) is 22.7 Å². The van der Waals surface area contributed by atoms with E-state index in [9.17, 15) is 0 Å². The second-order valence-electron chi connectivity index (χ2n) is 3.23. The summed E-state index contributed by atoms with van der Waals surface area (Å²) < 4.78 is 6.79. The van der Waals surface area contributed by atoms with Crippen molar-refractivity contribution in [1.82, 2.24) is 0 Å². The van der Waals surface area contributed by atoms with Crippen molar-refractivity contribution >= 4 is 15.9 Å². The van der Waals surface area contributed by atoms with E-state index in [1.165, 1.54) is 18.4 Å². The molecular formula is C10H11BrO. The molecule has 64 valence electrons. The lowest BCUT2D eigenvalue weighted by molar-refractivity contribution is 0.301. The fraction of sp³-hybridized carbons (Fsp3) is 0.400. The predicted molar refractivity (Wildman–Crippen MR) is 52.5 cm³/mol. The average molecular weight is 227 g/mol. The maximum absolute atomic E-state index is 5.71. The Morgan fingerprint density at radius 2 is 2.17 bits per heavy atom. The molecule has 0 saturated heterocycles. The maximum Gasteiger partial charge on any atom is 0.123 e. The van der Waals surface area contributed by atoms with E-state index in [2.05, 4.69) is 28.9 Å². The molecule has 0 atom stereocenters. The zero-order valence-corrected chi connectivity index (χ0v) is 8.60. The molecule has 1 saturated carbocycles. The Balaban J connectivity index is 2.21. The minimum Gasteiger partial charge on any atom is -0.490 e. The molecule has 0 N–H and O–H groups in total. The molecule has 0 amide bonds. The molecule has 1 aliphatic carbocycles. The van der Waals surface area contributed by atoms with E-state index in [4.69, 9.17) is 4.74 Å². The van der Waals surface area contributed by atoms with Gasteiger partial charge in [0.1, 0.15) is 5.75 Å². The summed E-state index contributed by atoms with van der Waals surface area (Å²) in [5.41, 5.74) is 1.21. The summed E-state index contributed by atoms with van der Waals surface area (Å²) in [6.45, 7) is 2.07. The summed E-state index contributed by atoms with van der Waals surface area (Å²) in [6.07, 6.45) is 2.91. The molecule has 0 unspecified atom stereocenters. The van der Waals surface area contributed by atoms with Gasteiger partial charge in [0.25, 0.3) is 0 Å². The smallest absolute Gasteiger partial charge is 0.123 e. The van der Waals surface area contributed by atoms with E-state index in [1.54, 1.807) is 0 Å². The summed E-state index contributed by atoms with van der Waals surface area (Å²) in [6, 6.07) is 6.14. The van der Waals surface area contributed by atoms with Gasteiger partial charge in [-0.1, -0.05) is 22.0 Å². The highest BCUT2D eigenvalue weighted by molar-refractivity contribution is 9.10. The van der Waals surface area contributed by atoms with Crippen LogP contribution in [0.4, 0.5) is 0 Å². The number of hydrogen-bond donors (Lipinski definition) is 0. The van der Waals surface area contributed by atoms with E-state index in [-0.39, 0.29) is 0 Å². The molecule has 1 nitrogen and oxygen atoms in total. The Hall–Kier alpha value is -0.500. The van der Waals surface area contributed by atoms with Gasteiger partial charge in [-0.2, -0.15) is 0 Å². The third-order valence-electron chi connectivity index (χ3n) is 1.97. The van der Waals surface area contributed by atoms with Crippen LogP contribution >= 0.6 is 15.9 Å². The molecule has 1 aromatic rings. The Kier molecular flexibility index (Phi) is 2.09. The van der Waals surface area contributed by atoms with Gasteiger partial charge < -0.3 is 4.74 Å².